The third-order valence-corrected chi connectivity index (χ3v) is 14.0. The number of halogens is 1. The van der Waals surface area contributed by atoms with Gasteiger partial charge in [0.05, 0.1) is 17.7 Å². The van der Waals surface area contributed by atoms with Crippen LogP contribution in [-0.4, -0.2) is 101 Å². The standard InChI is InChI=1S/C48H47FN4O7S/c49-34-7-2-32(3-8-34)45-43(38-13-9-35(54)27-41(38)61-45)44(56)31-4-10-36(11-5-31)60-28-29-16-22-51(23-17-29)20-1-21-52-24-18-30(19-25-52)33-6-12-37-39(26-33)48(59)53(47(37)58)40-14-15-42(55)50-46(40)57/h2-13,26-27,29-30,40,54H,1,14-25,28H2,(H,50,55,57). The SMILES string of the molecule is O=C1CCC(N2C(=O)c3ccc(C4CCN(CCCN5CCC(COc6ccc(C(=O)c7c(-c8ccc(F)cc8)sc8cc(O)ccc78)cc6)CC5)CC4)cc3C2=O)C(=O)N1. The molecular weight excluding hydrogens is 796 g/mol. The second-order valence-electron chi connectivity index (χ2n) is 16.7. The number of hydrogen-bond acceptors (Lipinski definition) is 10. The Morgan fingerprint density at radius 3 is 2.18 bits per heavy atom. The van der Waals surface area contributed by atoms with Crippen molar-refractivity contribution in [3.05, 3.63) is 119 Å². The maximum Gasteiger partial charge on any atom is 0.262 e. The van der Waals surface area contributed by atoms with Crippen LogP contribution in [0.25, 0.3) is 20.5 Å². The van der Waals surface area contributed by atoms with E-state index in [0.717, 1.165) is 108 Å². The van der Waals surface area contributed by atoms with Gasteiger partial charge in [-0.05, 0) is 167 Å². The molecule has 1 aromatic heterocycles. The van der Waals surface area contributed by atoms with Gasteiger partial charge in [-0.15, -0.1) is 11.3 Å². The van der Waals surface area contributed by atoms with E-state index in [0.29, 0.717) is 40.7 Å². The summed E-state index contributed by atoms with van der Waals surface area (Å²) in [6.45, 7) is 6.72. The van der Waals surface area contributed by atoms with Crippen LogP contribution in [-0.2, 0) is 9.59 Å². The largest absolute Gasteiger partial charge is 0.508 e. The molecule has 4 aromatic carbocycles. The van der Waals surface area contributed by atoms with E-state index in [-0.39, 0.29) is 36.1 Å². The van der Waals surface area contributed by atoms with Crippen LogP contribution in [0.1, 0.15) is 93.1 Å². The first kappa shape index (κ1) is 40.6. The van der Waals surface area contributed by atoms with Gasteiger partial charge in [0.15, 0.2) is 5.78 Å². The Balaban J connectivity index is 0.705. The molecule has 11 nitrogen and oxygen atoms in total. The fourth-order valence-electron chi connectivity index (χ4n) is 9.30. The van der Waals surface area contributed by atoms with E-state index in [9.17, 15) is 33.5 Å². The highest BCUT2D eigenvalue weighted by atomic mass is 32.1. The highest BCUT2D eigenvalue weighted by Gasteiger charge is 2.45. The number of carbonyl (C=O) groups is 5. The molecule has 3 saturated heterocycles. The number of thiophene rings is 1. The molecular formula is C48H47FN4O7S. The molecule has 1 atom stereocenters. The number of benzene rings is 4. The number of ketones is 1. The number of rotatable bonds is 12. The minimum atomic E-state index is -0.960. The number of aromatic hydroxyl groups is 1. The number of phenolic OH excluding ortho intramolecular Hbond substituents is 1. The van der Waals surface area contributed by atoms with Gasteiger partial charge in [0.25, 0.3) is 11.8 Å². The molecule has 0 bridgehead atoms. The molecule has 0 saturated carbocycles. The summed E-state index contributed by atoms with van der Waals surface area (Å²) in [6.07, 6.45) is 5.41. The summed E-state index contributed by atoms with van der Waals surface area (Å²) in [7, 11) is 0. The molecule has 4 amide bonds. The molecule has 0 aliphatic carbocycles. The molecule has 4 aliphatic rings. The zero-order valence-corrected chi connectivity index (χ0v) is 34.6. The van der Waals surface area contributed by atoms with E-state index in [4.69, 9.17) is 4.74 Å². The monoisotopic (exact) mass is 842 g/mol. The smallest absolute Gasteiger partial charge is 0.262 e. The number of likely N-dealkylation sites (tertiary alicyclic amines) is 2. The van der Waals surface area contributed by atoms with Gasteiger partial charge in [0, 0.05) is 32.5 Å². The number of amides is 4. The van der Waals surface area contributed by atoms with Gasteiger partial charge in [-0.3, -0.25) is 34.2 Å². The Morgan fingerprint density at radius 1 is 0.787 bits per heavy atom. The number of nitrogens with zero attached hydrogens (tertiary/aromatic N) is 3. The Bertz CT molecular complexity index is 2510. The molecule has 0 spiro atoms. The molecule has 0 radical (unpaired) electrons. The number of carbonyl (C=O) groups excluding carboxylic acids is 5. The second-order valence-corrected chi connectivity index (χ2v) is 17.7. The van der Waals surface area contributed by atoms with Crippen LogP contribution in [0.4, 0.5) is 4.39 Å². The molecule has 4 aliphatic heterocycles. The van der Waals surface area contributed by atoms with Crippen LogP contribution in [0.2, 0.25) is 0 Å². The summed E-state index contributed by atoms with van der Waals surface area (Å²) >= 11 is 1.40. The Labute approximate surface area is 357 Å². The molecule has 9 rings (SSSR count). The molecule has 61 heavy (non-hydrogen) atoms. The van der Waals surface area contributed by atoms with Crippen molar-refractivity contribution in [3.8, 4) is 21.9 Å². The summed E-state index contributed by atoms with van der Waals surface area (Å²) in [6, 6.07) is 22.9. The summed E-state index contributed by atoms with van der Waals surface area (Å²) in [5.74, 6) is -0.819. The van der Waals surface area contributed by atoms with Gasteiger partial charge in [-0.2, -0.15) is 0 Å². The zero-order valence-electron chi connectivity index (χ0n) is 33.7. The summed E-state index contributed by atoms with van der Waals surface area (Å²) in [5, 5.41) is 13.1. The van der Waals surface area contributed by atoms with E-state index in [1.54, 1.807) is 48.5 Å². The number of fused-ring (bicyclic) bond motifs is 2. The third kappa shape index (κ3) is 8.46. The molecule has 13 heteroatoms. The van der Waals surface area contributed by atoms with Crippen molar-refractivity contribution >= 4 is 50.8 Å². The summed E-state index contributed by atoms with van der Waals surface area (Å²) in [5.41, 5.74) is 3.52. The maximum atomic E-state index is 13.9. The first-order valence-electron chi connectivity index (χ1n) is 21.2. The molecule has 3 fully saturated rings. The molecule has 5 heterocycles. The predicted molar refractivity (Wildman–Crippen MR) is 230 cm³/mol. The van der Waals surface area contributed by atoms with Gasteiger partial charge in [-0.25, -0.2) is 4.39 Å². The predicted octanol–water partition coefficient (Wildman–Crippen LogP) is 7.41. The van der Waals surface area contributed by atoms with E-state index in [1.807, 2.05) is 24.3 Å². The number of phenols is 1. The number of ether oxygens (including phenoxy) is 1. The van der Waals surface area contributed by atoms with Gasteiger partial charge < -0.3 is 19.6 Å². The normalized spacial score (nSPS) is 19.4. The van der Waals surface area contributed by atoms with Crippen molar-refractivity contribution in [3.63, 3.8) is 0 Å². The average Bonchev–Trinajstić information content (AvgIpc) is 3.76. The van der Waals surface area contributed by atoms with Crippen molar-refractivity contribution in [1.29, 1.82) is 0 Å². The minimum absolute atomic E-state index is 0.0985. The van der Waals surface area contributed by atoms with E-state index < -0.39 is 23.8 Å². The third-order valence-electron chi connectivity index (χ3n) is 12.8. The lowest BCUT2D eigenvalue weighted by Crippen LogP contribution is -2.54. The quantitative estimate of drug-likeness (QED) is 0.0973. The van der Waals surface area contributed by atoms with Crippen LogP contribution >= 0.6 is 11.3 Å². The van der Waals surface area contributed by atoms with Crippen molar-refractivity contribution in [2.45, 2.75) is 56.9 Å². The average molecular weight is 843 g/mol. The number of hydrogen-bond donors (Lipinski definition) is 2. The minimum Gasteiger partial charge on any atom is -0.508 e. The van der Waals surface area contributed by atoms with E-state index in [1.165, 1.54) is 23.5 Å². The van der Waals surface area contributed by atoms with Crippen molar-refractivity contribution < 1.29 is 38.2 Å². The highest BCUT2D eigenvalue weighted by Crippen LogP contribution is 2.41. The zero-order chi connectivity index (χ0) is 42.2. The Hall–Kier alpha value is -5.76. The van der Waals surface area contributed by atoms with E-state index >= 15 is 0 Å². The second kappa shape index (κ2) is 17.3. The lowest BCUT2D eigenvalue weighted by atomic mass is 9.87. The number of nitrogens with one attached hydrogen (secondary N) is 1. The van der Waals surface area contributed by atoms with Crippen LogP contribution < -0.4 is 10.1 Å². The van der Waals surface area contributed by atoms with Gasteiger partial charge >= 0.3 is 0 Å². The van der Waals surface area contributed by atoms with Crippen molar-refractivity contribution in [2.24, 2.45) is 5.92 Å². The van der Waals surface area contributed by atoms with Crippen LogP contribution in [0, 0.1) is 11.7 Å². The summed E-state index contributed by atoms with van der Waals surface area (Å²) < 4.78 is 20.7. The highest BCUT2D eigenvalue weighted by molar-refractivity contribution is 7.22. The van der Waals surface area contributed by atoms with Gasteiger partial charge in [0.1, 0.15) is 23.4 Å². The fourth-order valence-corrected chi connectivity index (χ4v) is 10.5. The van der Waals surface area contributed by atoms with Crippen molar-refractivity contribution in [1.82, 2.24) is 20.0 Å². The Kier molecular flexibility index (Phi) is 11.5. The molecule has 1 unspecified atom stereocenters. The Morgan fingerprint density at radius 2 is 1.48 bits per heavy atom. The first-order chi connectivity index (χ1) is 29.6. The topological polar surface area (TPSA) is 137 Å². The lowest BCUT2D eigenvalue weighted by Gasteiger charge is -2.34. The number of imide groups is 2. The van der Waals surface area contributed by atoms with Crippen LogP contribution in [0.5, 0.6) is 11.5 Å². The first-order valence-corrected chi connectivity index (χ1v) is 22.0. The molecule has 2 N–H and O–H groups in total. The lowest BCUT2D eigenvalue weighted by molar-refractivity contribution is -0.136. The van der Waals surface area contributed by atoms with Crippen LogP contribution in [0.3, 0.4) is 0 Å². The van der Waals surface area contributed by atoms with Gasteiger partial charge in [-0.1, -0.05) is 18.2 Å². The summed E-state index contributed by atoms with van der Waals surface area (Å²) in [4.78, 5) is 71.2. The molecule has 5 aromatic rings. The fraction of sp³-hybridized carbons (Fsp3) is 0.354. The maximum absolute atomic E-state index is 13.9. The van der Waals surface area contributed by atoms with E-state index in [2.05, 4.69) is 15.1 Å². The van der Waals surface area contributed by atoms with Gasteiger partial charge in [0.2, 0.25) is 11.8 Å². The number of piperidine rings is 3. The van der Waals surface area contributed by atoms with Crippen molar-refractivity contribution in [2.75, 3.05) is 45.9 Å². The molecule has 314 valence electrons. The van der Waals surface area contributed by atoms with Crippen LogP contribution in [0.15, 0.2) is 84.9 Å².